The number of aliphatic carboxylic acids is 1. The summed E-state index contributed by atoms with van der Waals surface area (Å²) in [7, 11) is 1.66. The number of methoxy groups -OCH3 is 1. The van der Waals surface area contributed by atoms with Crippen LogP contribution in [-0.2, 0) is 4.79 Å². The Morgan fingerprint density at radius 1 is 1.40 bits per heavy atom. The maximum absolute atomic E-state index is 11.2. The third kappa shape index (κ3) is 2.96. The molecule has 1 saturated heterocycles. The van der Waals surface area contributed by atoms with Gasteiger partial charge in [0.1, 0.15) is 5.75 Å². The summed E-state index contributed by atoms with van der Waals surface area (Å²) >= 11 is 0. The van der Waals surface area contributed by atoms with Gasteiger partial charge in [-0.05, 0) is 30.0 Å². The van der Waals surface area contributed by atoms with Gasteiger partial charge in [0.2, 0.25) is 0 Å². The number of ether oxygens (including phenoxy) is 1. The lowest BCUT2D eigenvalue weighted by molar-refractivity contribution is -0.142. The van der Waals surface area contributed by atoms with Crippen LogP contribution in [0, 0.1) is 11.8 Å². The molecule has 0 saturated carbocycles. The van der Waals surface area contributed by atoms with E-state index in [2.05, 4.69) is 24.0 Å². The molecule has 0 aliphatic carbocycles. The van der Waals surface area contributed by atoms with E-state index in [1.165, 1.54) is 5.56 Å². The number of carbonyl (C=O) groups is 1. The summed E-state index contributed by atoms with van der Waals surface area (Å²) in [5, 5.41) is 9.25. The molecule has 20 heavy (non-hydrogen) atoms. The number of benzene rings is 1. The summed E-state index contributed by atoms with van der Waals surface area (Å²) in [6.07, 6.45) is 0.978. The molecule has 1 fully saturated rings. The largest absolute Gasteiger partial charge is 0.497 e. The Balaban J connectivity index is 2.14. The monoisotopic (exact) mass is 277 g/mol. The van der Waals surface area contributed by atoms with Crippen LogP contribution in [0.2, 0.25) is 0 Å². The third-order valence-electron chi connectivity index (χ3n) is 4.29. The second-order valence-electron chi connectivity index (χ2n) is 5.57. The molecule has 1 heterocycles. The average Bonchev–Trinajstić information content (AvgIpc) is 2.82. The molecule has 1 aliphatic rings. The first kappa shape index (κ1) is 14.9. The number of hydrogen-bond donors (Lipinski definition) is 1. The smallest absolute Gasteiger partial charge is 0.308 e. The minimum atomic E-state index is -0.676. The molecule has 1 N–H and O–H groups in total. The quantitative estimate of drug-likeness (QED) is 0.899. The van der Waals surface area contributed by atoms with Crippen molar-refractivity contribution in [1.29, 1.82) is 0 Å². The SMILES string of the molecule is CCC(c1ccc(OC)cc1)N1CC(C)C(C(=O)O)C1. The molecule has 2 rings (SSSR count). The topological polar surface area (TPSA) is 49.8 Å². The van der Waals surface area contributed by atoms with Crippen molar-refractivity contribution in [3.63, 3.8) is 0 Å². The van der Waals surface area contributed by atoms with Crippen molar-refractivity contribution >= 4 is 5.97 Å². The van der Waals surface area contributed by atoms with Crippen molar-refractivity contribution in [3.8, 4) is 5.75 Å². The molecule has 110 valence electrons. The van der Waals surface area contributed by atoms with Crippen molar-refractivity contribution in [1.82, 2.24) is 4.90 Å². The predicted octanol–water partition coefficient (Wildman–Crippen LogP) is 2.80. The highest BCUT2D eigenvalue weighted by atomic mass is 16.5. The molecule has 4 nitrogen and oxygen atoms in total. The highest BCUT2D eigenvalue weighted by Gasteiger charge is 2.37. The number of likely N-dealkylation sites (tertiary alicyclic amines) is 1. The van der Waals surface area contributed by atoms with Gasteiger partial charge in [-0.2, -0.15) is 0 Å². The molecular weight excluding hydrogens is 254 g/mol. The molecule has 0 amide bonds. The lowest BCUT2D eigenvalue weighted by Crippen LogP contribution is -2.27. The van der Waals surface area contributed by atoms with Crippen molar-refractivity contribution in [2.24, 2.45) is 11.8 Å². The number of nitrogens with zero attached hydrogens (tertiary/aromatic N) is 1. The predicted molar refractivity (Wildman–Crippen MR) is 77.9 cm³/mol. The van der Waals surface area contributed by atoms with Crippen molar-refractivity contribution in [2.45, 2.75) is 26.3 Å². The zero-order valence-corrected chi connectivity index (χ0v) is 12.4. The molecule has 1 aromatic carbocycles. The summed E-state index contributed by atoms with van der Waals surface area (Å²) < 4.78 is 5.18. The highest BCUT2D eigenvalue weighted by Crippen LogP contribution is 2.33. The Bertz CT molecular complexity index is 457. The molecular formula is C16H23NO3. The maximum atomic E-state index is 11.2. The van der Waals surface area contributed by atoms with Gasteiger partial charge in [0, 0.05) is 19.1 Å². The van der Waals surface area contributed by atoms with Gasteiger partial charge in [0.25, 0.3) is 0 Å². The lowest BCUT2D eigenvalue weighted by Gasteiger charge is -2.27. The van der Waals surface area contributed by atoms with E-state index in [-0.39, 0.29) is 17.9 Å². The van der Waals surface area contributed by atoms with Crippen molar-refractivity contribution in [2.75, 3.05) is 20.2 Å². The Morgan fingerprint density at radius 3 is 2.50 bits per heavy atom. The van der Waals surface area contributed by atoms with E-state index in [9.17, 15) is 9.90 Å². The Morgan fingerprint density at radius 2 is 2.05 bits per heavy atom. The second-order valence-corrected chi connectivity index (χ2v) is 5.57. The molecule has 0 spiro atoms. The van der Waals surface area contributed by atoms with Crippen LogP contribution in [0.3, 0.4) is 0 Å². The molecule has 0 radical (unpaired) electrons. The fraction of sp³-hybridized carbons (Fsp3) is 0.562. The lowest BCUT2D eigenvalue weighted by atomic mass is 9.99. The van der Waals surface area contributed by atoms with Crippen LogP contribution in [0.15, 0.2) is 24.3 Å². The van der Waals surface area contributed by atoms with Gasteiger partial charge in [-0.3, -0.25) is 9.69 Å². The Hall–Kier alpha value is -1.55. The summed E-state index contributed by atoms with van der Waals surface area (Å²) in [4.78, 5) is 13.5. The number of hydrogen-bond acceptors (Lipinski definition) is 3. The Labute approximate surface area is 120 Å². The number of rotatable bonds is 5. The fourth-order valence-electron chi connectivity index (χ4n) is 3.11. The van der Waals surface area contributed by atoms with Crippen LogP contribution in [0.1, 0.15) is 31.9 Å². The van der Waals surface area contributed by atoms with E-state index in [0.29, 0.717) is 6.54 Å². The highest BCUT2D eigenvalue weighted by molar-refractivity contribution is 5.71. The van der Waals surface area contributed by atoms with Gasteiger partial charge in [-0.25, -0.2) is 0 Å². The zero-order valence-electron chi connectivity index (χ0n) is 12.4. The maximum Gasteiger partial charge on any atom is 0.308 e. The van der Waals surface area contributed by atoms with E-state index in [1.807, 2.05) is 19.1 Å². The molecule has 1 aromatic rings. The van der Waals surface area contributed by atoms with Gasteiger partial charge >= 0.3 is 5.97 Å². The summed E-state index contributed by atoms with van der Waals surface area (Å²) in [6, 6.07) is 8.36. The summed E-state index contributed by atoms with van der Waals surface area (Å²) in [5.41, 5.74) is 1.23. The van der Waals surface area contributed by atoms with E-state index in [4.69, 9.17) is 4.74 Å². The van der Waals surface area contributed by atoms with Gasteiger partial charge in [0.15, 0.2) is 0 Å². The van der Waals surface area contributed by atoms with Crippen LogP contribution in [0.5, 0.6) is 5.75 Å². The zero-order chi connectivity index (χ0) is 14.7. The summed E-state index contributed by atoms with van der Waals surface area (Å²) in [6.45, 7) is 5.66. The van der Waals surface area contributed by atoms with E-state index in [1.54, 1.807) is 7.11 Å². The number of carboxylic acids is 1. The Kier molecular flexibility index (Phi) is 4.65. The first-order valence-corrected chi connectivity index (χ1v) is 7.17. The number of carboxylic acid groups (broad SMARTS) is 1. The third-order valence-corrected chi connectivity index (χ3v) is 4.29. The molecule has 3 unspecified atom stereocenters. The first-order chi connectivity index (χ1) is 9.56. The molecule has 4 heteroatoms. The van der Waals surface area contributed by atoms with Crippen LogP contribution < -0.4 is 4.74 Å². The van der Waals surface area contributed by atoms with Gasteiger partial charge < -0.3 is 9.84 Å². The standard InChI is InChI=1S/C16H23NO3/c1-4-15(12-5-7-13(20-3)8-6-12)17-9-11(2)14(10-17)16(18)19/h5-8,11,14-15H,4,9-10H2,1-3H3,(H,18,19). The fourth-order valence-corrected chi connectivity index (χ4v) is 3.11. The summed E-state index contributed by atoms with van der Waals surface area (Å²) in [5.74, 6) is 0.133. The minimum Gasteiger partial charge on any atom is -0.497 e. The molecule has 3 atom stereocenters. The van der Waals surface area contributed by atoms with Gasteiger partial charge in [-0.1, -0.05) is 26.0 Å². The molecule has 0 bridgehead atoms. The van der Waals surface area contributed by atoms with Crippen LogP contribution >= 0.6 is 0 Å². The normalized spacial score (nSPS) is 24.6. The van der Waals surface area contributed by atoms with Crippen LogP contribution in [-0.4, -0.2) is 36.2 Å². The van der Waals surface area contributed by atoms with Crippen LogP contribution in [0.4, 0.5) is 0 Å². The van der Waals surface area contributed by atoms with Gasteiger partial charge in [-0.15, -0.1) is 0 Å². The van der Waals surface area contributed by atoms with E-state index >= 15 is 0 Å². The minimum absolute atomic E-state index is 0.208. The van der Waals surface area contributed by atoms with Crippen LogP contribution in [0.25, 0.3) is 0 Å². The van der Waals surface area contributed by atoms with Crippen molar-refractivity contribution in [3.05, 3.63) is 29.8 Å². The van der Waals surface area contributed by atoms with Crippen molar-refractivity contribution < 1.29 is 14.6 Å². The van der Waals surface area contributed by atoms with E-state index in [0.717, 1.165) is 18.7 Å². The van der Waals surface area contributed by atoms with E-state index < -0.39 is 5.97 Å². The molecule has 1 aliphatic heterocycles. The first-order valence-electron chi connectivity index (χ1n) is 7.17. The van der Waals surface area contributed by atoms with Gasteiger partial charge in [0.05, 0.1) is 13.0 Å². The molecule has 0 aromatic heterocycles. The second kappa shape index (κ2) is 6.27. The average molecular weight is 277 g/mol.